The van der Waals surface area contributed by atoms with E-state index in [1.54, 1.807) is 0 Å². The van der Waals surface area contributed by atoms with Gasteiger partial charge in [0.15, 0.2) is 0 Å². The van der Waals surface area contributed by atoms with Gasteiger partial charge in [-0.25, -0.2) is 4.98 Å². The summed E-state index contributed by atoms with van der Waals surface area (Å²) < 4.78 is 2.34. The molecule has 0 aliphatic heterocycles. The molecule has 0 aliphatic rings. The van der Waals surface area contributed by atoms with Gasteiger partial charge >= 0.3 is 0 Å². The fraction of sp³-hybridized carbons (Fsp3) is 0. The smallest absolute Gasteiger partial charge is 0.145 e. The maximum atomic E-state index is 5.21. The molecule has 0 bridgehead atoms. The zero-order chi connectivity index (χ0) is 35.1. The van der Waals surface area contributed by atoms with Crippen LogP contribution in [0.5, 0.6) is 0 Å². The third-order valence-corrected chi connectivity index (χ3v) is 10.4. The Kier molecular flexibility index (Phi) is 7.51. The molecule has 0 atom stereocenters. The summed E-state index contributed by atoms with van der Waals surface area (Å²) in [4.78, 5) is 5.21. The number of imidazole rings is 1. The van der Waals surface area contributed by atoms with Gasteiger partial charge in [0.1, 0.15) is 5.82 Å². The van der Waals surface area contributed by atoms with Gasteiger partial charge in [-0.3, -0.25) is 4.57 Å². The number of hydrogen-bond donors (Lipinski definition) is 0. The molecule has 0 fully saturated rings. The standard InChI is InChI=1S/C51H34N2/c1-4-17-35(18-5-1)38-23-16-24-40(33-38)49-41-25-10-11-26-42(41)50(43-32-31-39(34-45(43)49)36-19-6-2-7-20-36)44-27-12-14-29-47(44)53-48-30-15-13-28-46(48)52-51(53)37-21-8-3-9-22-37/h1-34H. The Morgan fingerprint density at radius 1 is 0.321 bits per heavy atom. The van der Waals surface area contributed by atoms with Gasteiger partial charge in [-0.1, -0.05) is 176 Å². The van der Waals surface area contributed by atoms with Gasteiger partial charge in [-0.15, -0.1) is 0 Å². The fourth-order valence-corrected chi connectivity index (χ4v) is 8.01. The molecule has 0 saturated heterocycles. The molecule has 0 amide bonds. The summed E-state index contributed by atoms with van der Waals surface area (Å²) in [6, 6.07) is 74.1. The van der Waals surface area contributed by atoms with Gasteiger partial charge in [0.2, 0.25) is 0 Å². The molecule has 9 aromatic carbocycles. The molecule has 0 N–H and O–H groups in total. The SMILES string of the molecule is c1ccc(-c2cccc(-c3c4ccccc4c(-c4ccccc4-n4c(-c5ccccc5)nc5ccccc54)c4ccc(-c5ccccc5)cc34)c2)cc1. The summed E-state index contributed by atoms with van der Waals surface area (Å²) in [6.07, 6.45) is 0. The highest BCUT2D eigenvalue weighted by Gasteiger charge is 2.22. The van der Waals surface area contributed by atoms with Gasteiger partial charge < -0.3 is 0 Å². The van der Waals surface area contributed by atoms with Gasteiger partial charge in [0.25, 0.3) is 0 Å². The summed E-state index contributed by atoms with van der Waals surface area (Å²) in [7, 11) is 0. The molecular formula is C51H34N2. The van der Waals surface area contributed by atoms with E-state index in [1.165, 1.54) is 60.5 Å². The first kappa shape index (κ1) is 30.8. The minimum absolute atomic E-state index is 0.925. The highest BCUT2D eigenvalue weighted by atomic mass is 15.1. The van der Waals surface area contributed by atoms with E-state index in [9.17, 15) is 0 Å². The Labute approximate surface area is 308 Å². The highest BCUT2D eigenvalue weighted by molar-refractivity contribution is 6.22. The third-order valence-electron chi connectivity index (χ3n) is 10.4. The van der Waals surface area contributed by atoms with Gasteiger partial charge in [-0.2, -0.15) is 0 Å². The lowest BCUT2D eigenvalue weighted by molar-refractivity contribution is 1.10. The van der Waals surface area contributed by atoms with Crippen molar-refractivity contribution in [2.45, 2.75) is 0 Å². The lowest BCUT2D eigenvalue weighted by Gasteiger charge is -2.21. The Balaban J connectivity index is 1.31. The molecular weight excluding hydrogens is 641 g/mol. The zero-order valence-electron chi connectivity index (χ0n) is 29.0. The topological polar surface area (TPSA) is 17.8 Å². The average molecular weight is 675 g/mol. The number of para-hydroxylation sites is 3. The zero-order valence-corrected chi connectivity index (χ0v) is 29.0. The van der Waals surface area contributed by atoms with Crippen LogP contribution in [0.15, 0.2) is 206 Å². The summed E-state index contributed by atoms with van der Waals surface area (Å²) in [6.45, 7) is 0. The van der Waals surface area contributed by atoms with Crippen molar-refractivity contribution in [3.63, 3.8) is 0 Å². The van der Waals surface area contributed by atoms with Gasteiger partial charge in [0.05, 0.1) is 16.7 Å². The maximum Gasteiger partial charge on any atom is 0.145 e. The summed E-state index contributed by atoms with van der Waals surface area (Å²) in [5.41, 5.74) is 13.8. The molecule has 1 heterocycles. The van der Waals surface area contributed by atoms with E-state index in [2.05, 4.69) is 211 Å². The molecule has 248 valence electrons. The lowest BCUT2D eigenvalue weighted by atomic mass is 9.84. The fourth-order valence-electron chi connectivity index (χ4n) is 8.01. The monoisotopic (exact) mass is 674 g/mol. The molecule has 10 rings (SSSR count). The van der Waals surface area contributed by atoms with Crippen LogP contribution in [-0.2, 0) is 0 Å². The lowest BCUT2D eigenvalue weighted by Crippen LogP contribution is -2.01. The molecule has 0 saturated carbocycles. The van der Waals surface area contributed by atoms with Crippen LogP contribution in [0, 0.1) is 0 Å². The van der Waals surface area contributed by atoms with Crippen LogP contribution in [-0.4, -0.2) is 9.55 Å². The summed E-state index contributed by atoms with van der Waals surface area (Å²) in [5, 5.41) is 4.87. The Morgan fingerprint density at radius 2 is 0.849 bits per heavy atom. The number of hydrogen-bond acceptors (Lipinski definition) is 1. The Morgan fingerprint density at radius 3 is 1.58 bits per heavy atom. The Hall–Kier alpha value is -7.03. The van der Waals surface area contributed by atoms with Crippen molar-refractivity contribution in [1.82, 2.24) is 9.55 Å². The average Bonchev–Trinajstić information content (AvgIpc) is 3.63. The Bertz CT molecular complexity index is 2920. The quantitative estimate of drug-likeness (QED) is 0.161. The van der Waals surface area contributed by atoms with Crippen molar-refractivity contribution >= 4 is 32.6 Å². The van der Waals surface area contributed by atoms with Crippen LogP contribution in [0.3, 0.4) is 0 Å². The van der Waals surface area contributed by atoms with Crippen LogP contribution in [0.25, 0.3) is 94.2 Å². The first-order valence-electron chi connectivity index (χ1n) is 18.1. The first-order chi connectivity index (χ1) is 26.3. The molecule has 10 aromatic rings. The van der Waals surface area contributed by atoms with E-state index in [4.69, 9.17) is 4.98 Å². The molecule has 0 radical (unpaired) electrons. The van der Waals surface area contributed by atoms with E-state index in [1.807, 2.05) is 0 Å². The van der Waals surface area contributed by atoms with Crippen LogP contribution in [0.2, 0.25) is 0 Å². The number of rotatable bonds is 6. The summed E-state index contributed by atoms with van der Waals surface area (Å²) >= 11 is 0. The van der Waals surface area contributed by atoms with Gasteiger partial charge in [-0.05, 0) is 90.8 Å². The molecule has 0 spiro atoms. The van der Waals surface area contributed by atoms with Crippen LogP contribution in [0.4, 0.5) is 0 Å². The molecule has 53 heavy (non-hydrogen) atoms. The minimum atomic E-state index is 0.925. The van der Waals surface area contributed by atoms with E-state index in [0.29, 0.717) is 0 Å². The van der Waals surface area contributed by atoms with Crippen molar-refractivity contribution in [2.24, 2.45) is 0 Å². The van der Waals surface area contributed by atoms with E-state index < -0.39 is 0 Å². The maximum absolute atomic E-state index is 5.21. The third kappa shape index (κ3) is 5.32. The second kappa shape index (κ2) is 12.9. The molecule has 0 aliphatic carbocycles. The number of aromatic nitrogens is 2. The van der Waals surface area contributed by atoms with Crippen molar-refractivity contribution in [2.75, 3.05) is 0 Å². The van der Waals surface area contributed by atoms with Gasteiger partial charge in [0, 0.05) is 11.1 Å². The number of fused-ring (bicyclic) bond motifs is 3. The van der Waals surface area contributed by atoms with Crippen LogP contribution >= 0.6 is 0 Å². The van der Waals surface area contributed by atoms with Crippen LogP contribution < -0.4 is 0 Å². The number of benzene rings is 9. The largest absolute Gasteiger partial charge is 0.292 e. The summed E-state index contributed by atoms with van der Waals surface area (Å²) in [5.74, 6) is 0.925. The molecule has 0 unspecified atom stereocenters. The van der Waals surface area contributed by atoms with Crippen molar-refractivity contribution in [3.05, 3.63) is 206 Å². The van der Waals surface area contributed by atoms with E-state index >= 15 is 0 Å². The van der Waals surface area contributed by atoms with Crippen molar-refractivity contribution in [1.29, 1.82) is 0 Å². The predicted molar refractivity (Wildman–Crippen MR) is 223 cm³/mol. The molecule has 1 aromatic heterocycles. The van der Waals surface area contributed by atoms with E-state index in [-0.39, 0.29) is 0 Å². The van der Waals surface area contributed by atoms with Crippen molar-refractivity contribution in [3.8, 4) is 61.6 Å². The van der Waals surface area contributed by atoms with E-state index in [0.717, 1.165) is 33.7 Å². The second-order valence-electron chi connectivity index (χ2n) is 13.5. The number of nitrogens with zero attached hydrogens (tertiary/aromatic N) is 2. The molecule has 2 heteroatoms. The molecule has 2 nitrogen and oxygen atoms in total. The van der Waals surface area contributed by atoms with Crippen LogP contribution in [0.1, 0.15) is 0 Å². The highest BCUT2D eigenvalue weighted by Crippen LogP contribution is 2.47. The minimum Gasteiger partial charge on any atom is -0.292 e. The first-order valence-corrected chi connectivity index (χ1v) is 18.1. The second-order valence-corrected chi connectivity index (χ2v) is 13.5. The normalized spacial score (nSPS) is 11.4. The predicted octanol–water partition coefficient (Wildman–Crippen LogP) is 13.7. The van der Waals surface area contributed by atoms with Crippen molar-refractivity contribution < 1.29 is 0 Å².